The Morgan fingerprint density at radius 2 is 2.29 bits per heavy atom. The van der Waals surface area contributed by atoms with Crippen LogP contribution in [0.1, 0.15) is 6.42 Å². The van der Waals surface area contributed by atoms with Crippen LogP contribution < -0.4 is 5.73 Å². The molecule has 0 fully saturated rings. The molecule has 0 saturated carbocycles. The standard InChI is InChI=1S/C6H10BrN3O3S/c7-5-4-10(9-6(5)8)2-1-3-14(11,12)13/h4H,1-3H2,(H2,8,9)(H,11,12,13). The first-order chi connectivity index (χ1) is 6.38. The molecule has 1 aromatic rings. The zero-order chi connectivity index (χ0) is 10.8. The number of aryl methyl sites for hydroxylation is 1. The van der Waals surface area contributed by atoms with Gasteiger partial charge >= 0.3 is 0 Å². The van der Waals surface area contributed by atoms with Crippen molar-refractivity contribution in [3.8, 4) is 0 Å². The third kappa shape index (κ3) is 3.64. The molecule has 1 rings (SSSR count). The Hall–Kier alpha value is -0.600. The number of nitrogen functional groups attached to an aromatic ring is 1. The first-order valence-corrected chi connectivity index (χ1v) is 6.22. The maximum atomic E-state index is 10.4. The summed E-state index contributed by atoms with van der Waals surface area (Å²) in [6, 6.07) is 0. The lowest BCUT2D eigenvalue weighted by atomic mass is 10.5. The lowest BCUT2D eigenvalue weighted by Crippen LogP contribution is -2.08. The Balaban J connectivity index is 2.47. The third-order valence-corrected chi connectivity index (χ3v) is 2.95. The first-order valence-electron chi connectivity index (χ1n) is 3.82. The molecule has 80 valence electrons. The van der Waals surface area contributed by atoms with Crippen molar-refractivity contribution in [2.45, 2.75) is 13.0 Å². The van der Waals surface area contributed by atoms with Crippen LogP contribution >= 0.6 is 15.9 Å². The molecule has 6 nitrogen and oxygen atoms in total. The van der Waals surface area contributed by atoms with Crippen LogP contribution in [0, 0.1) is 0 Å². The van der Waals surface area contributed by atoms with E-state index in [1.54, 1.807) is 6.20 Å². The molecule has 0 amide bonds. The number of aromatic nitrogens is 2. The molecule has 14 heavy (non-hydrogen) atoms. The Bertz CT molecular complexity index is 394. The summed E-state index contributed by atoms with van der Waals surface area (Å²) in [6.07, 6.45) is 1.95. The number of nitrogens with zero attached hydrogens (tertiary/aromatic N) is 2. The zero-order valence-electron chi connectivity index (χ0n) is 7.22. The van der Waals surface area contributed by atoms with Crippen molar-refractivity contribution in [1.82, 2.24) is 9.78 Å². The van der Waals surface area contributed by atoms with Gasteiger partial charge in [-0.15, -0.1) is 0 Å². The van der Waals surface area contributed by atoms with Crippen molar-refractivity contribution < 1.29 is 13.0 Å². The maximum absolute atomic E-state index is 10.4. The van der Waals surface area contributed by atoms with Crippen LogP contribution in [0.15, 0.2) is 10.7 Å². The van der Waals surface area contributed by atoms with Crippen LogP contribution in [0.25, 0.3) is 0 Å². The Morgan fingerprint density at radius 1 is 1.64 bits per heavy atom. The van der Waals surface area contributed by atoms with Crippen molar-refractivity contribution in [2.24, 2.45) is 0 Å². The van der Waals surface area contributed by atoms with Crippen molar-refractivity contribution in [3.63, 3.8) is 0 Å². The van der Waals surface area contributed by atoms with Crippen molar-refractivity contribution >= 4 is 31.9 Å². The smallest absolute Gasteiger partial charge is 0.264 e. The van der Waals surface area contributed by atoms with E-state index >= 15 is 0 Å². The fourth-order valence-electron chi connectivity index (χ4n) is 0.935. The number of rotatable bonds is 4. The maximum Gasteiger partial charge on any atom is 0.264 e. The van der Waals surface area contributed by atoms with Crippen LogP contribution in [0.3, 0.4) is 0 Å². The van der Waals surface area contributed by atoms with Gasteiger partial charge in [0.25, 0.3) is 10.1 Å². The molecule has 0 unspecified atom stereocenters. The molecule has 0 bridgehead atoms. The molecular weight excluding hydrogens is 274 g/mol. The van der Waals surface area contributed by atoms with Gasteiger partial charge in [0, 0.05) is 12.7 Å². The van der Waals surface area contributed by atoms with Crippen molar-refractivity contribution in [2.75, 3.05) is 11.5 Å². The molecule has 1 aromatic heterocycles. The minimum absolute atomic E-state index is 0.273. The van der Waals surface area contributed by atoms with Crippen LogP contribution in [0.2, 0.25) is 0 Å². The monoisotopic (exact) mass is 283 g/mol. The van der Waals surface area contributed by atoms with Gasteiger partial charge in [-0.05, 0) is 22.4 Å². The van der Waals surface area contributed by atoms with E-state index in [2.05, 4.69) is 21.0 Å². The van der Waals surface area contributed by atoms with Gasteiger partial charge in [0.15, 0.2) is 5.82 Å². The first kappa shape index (κ1) is 11.5. The highest BCUT2D eigenvalue weighted by molar-refractivity contribution is 9.10. The summed E-state index contributed by atoms with van der Waals surface area (Å²) in [4.78, 5) is 0. The van der Waals surface area contributed by atoms with E-state index in [-0.39, 0.29) is 5.75 Å². The van der Waals surface area contributed by atoms with Gasteiger partial charge in [0.2, 0.25) is 0 Å². The van der Waals surface area contributed by atoms with Crippen LogP contribution in [0.4, 0.5) is 5.82 Å². The van der Waals surface area contributed by atoms with E-state index in [1.165, 1.54) is 4.68 Å². The fraction of sp³-hybridized carbons (Fsp3) is 0.500. The van der Waals surface area contributed by atoms with Gasteiger partial charge in [-0.25, -0.2) is 0 Å². The minimum Gasteiger partial charge on any atom is -0.381 e. The second-order valence-electron chi connectivity index (χ2n) is 2.76. The molecule has 1 heterocycles. The van der Waals surface area contributed by atoms with Gasteiger partial charge in [-0.3, -0.25) is 9.23 Å². The van der Waals surface area contributed by atoms with Crippen LogP contribution in [-0.4, -0.2) is 28.5 Å². The second kappa shape index (κ2) is 4.28. The summed E-state index contributed by atoms with van der Waals surface area (Å²) in [5.74, 6) is 0.0848. The quantitative estimate of drug-likeness (QED) is 0.785. The van der Waals surface area contributed by atoms with E-state index in [4.69, 9.17) is 10.3 Å². The average molecular weight is 284 g/mol. The van der Waals surface area contributed by atoms with Gasteiger partial charge in [-0.2, -0.15) is 13.5 Å². The molecule has 0 aliphatic carbocycles. The van der Waals surface area contributed by atoms with E-state index in [0.717, 1.165) is 0 Å². The molecule has 0 aliphatic rings. The average Bonchev–Trinajstić information content (AvgIpc) is 2.28. The lowest BCUT2D eigenvalue weighted by Gasteiger charge is -1.98. The highest BCUT2D eigenvalue weighted by Gasteiger charge is 2.06. The molecule has 0 radical (unpaired) electrons. The SMILES string of the molecule is Nc1nn(CCCS(=O)(=O)O)cc1Br. The van der Waals surface area contributed by atoms with E-state index < -0.39 is 10.1 Å². The highest BCUT2D eigenvalue weighted by atomic mass is 79.9. The number of hydrogen-bond donors (Lipinski definition) is 2. The van der Waals surface area contributed by atoms with E-state index in [0.29, 0.717) is 23.3 Å². The summed E-state index contributed by atoms with van der Waals surface area (Å²) >= 11 is 3.17. The third-order valence-electron chi connectivity index (χ3n) is 1.53. The molecule has 0 aromatic carbocycles. The second-order valence-corrected chi connectivity index (χ2v) is 5.19. The summed E-state index contributed by atoms with van der Waals surface area (Å²) in [6.45, 7) is 0.398. The fourth-order valence-corrected chi connectivity index (χ4v) is 1.75. The normalized spacial score (nSPS) is 11.9. The molecule has 0 atom stereocenters. The minimum atomic E-state index is -3.88. The summed E-state index contributed by atoms with van der Waals surface area (Å²) in [7, 11) is -3.88. The van der Waals surface area contributed by atoms with Gasteiger partial charge in [0.05, 0.1) is 10.2 Å². The van der Waals surface area contributed by atoms with Crippen molar-refractivity contribution in [1.29, 1.82) is 0 Å². The Labute approximate surface area is 90.0 Å². The lowest BCUT2D eigenvalue weighted by molar-refractivity contribution is 0.476. The molecule has 0 aliphatic heterocycles. The topological polar surface area (TPSA) is 98.2 Å². The number of hydrogen-bond acceptors (Lipinski definition) is 4. The van der Waals surface area contributed by atoms with Gasteiger partial charge in [0.1, 0.15) is 0 Å². The van der Waals surface area contributed by atoms with Crippen molar-refractivity contribution in [3.05, 3.63) is 10.7 Å². The summed E-state index contributed by atoms with van der Waals surface area (Å²) in [5, 5.41) is 3.90. The predicted molar refractivity (Wildman–Crippen MR) is 55.4 cm³/mol. The predicted octanol–water partition coefficient (Wildman–Crippen LogP) is 0.506. The highest BCUT2D eigenvalue weighted by Crippen LogP contribution is 2.16. The van der Waals surface area contributed by atoms with Crippen LogP contribution in [-0.2, 0) is 16.7 Å². The molecule has 0 spiro atoms. The Morgan fingerprint density at radius 3 is 2.71 bits per heavy atom. The number of anilines is 1. The van der Waals surface area contributed by atoms with E-state index in [1.807, 2.05) is 0 Å². The number of halogens is 1. The van der Waals surface area contributed by atoms with Crippen LogP contribution in [0.5, 0.6) is 0 Å². The Kier molecular flexibility index (Phi) is 3.51. The molecular formula is C6H10BrN3O3S. The zero-order valence-corrected chi connectivity index (χ0v) is 9.62. The largest absolute Gasteiger partial charge is 0.381 e. The molecule has 8 heteroatoms. The summed E-state index contributed by atoms with van der Waals surface area (Å²) in [5.41, 5.74) is 5.45. The summed E-state index contributed by atoms with van der Waals surface area (Å²) < 4.78 is 31.4. The number of nitrogens with two attached hydrogens (primary N) is 1. The van der Waals surface area contributed by atoms with Gasteiger partial charge in [-0.1, -0.05) is 0 Å². The molecule has 0 saturated heterocycles. The van der Waals surface area contributed by atoms with E-state index in [9.17, 15) is 8.42 Å². The molecule has 3 N–H and O–H groups in total. The van der Waals surface area contributed by atoms with Gasteiger partial charge < -0.3 is 5.73 Å².